The lowest BCUT2D eigenvalue weighted by atomic mass is 10.0. The first-order valence-corrected chi connectivity index (χ1v) is 8.62. The number of hydrogen-bond donors (Lipinski definition) is 1. The Morgan fingerprint density at radius 3 is 2.28 bits per heavy atom. The molecule has 2 aromatic carbocycles. The van der Waals surface area contributed by atoms with Crippen molar-refractivity contribution in [2.75, 3.05) is 13.1 Å². The van der Waals surface area contributed by atoms with Crippen LogP contribution in [0.4, 0.5) is 8.78 Å². The number of rotatable bonds is 4. The van der Waals surface area contributed by atoms with Gasteiger partial charge in [-0.2, -0.15) is 0 Å². The number of benzene rings is 2. The van der Waals surface area contributed by atoms with Crippen molar-refractivity contribution in [1.29, 1.82) is 0 Å². The van der Waals surface area contributed by atoms with Gasteiger partial charge >= 0.3 is 0 Å². The molecular weight excluding hydrogens is 346 g/mol. The van der Waals surface area contributed by atoms with Crippen LogP contribution in [-0.4, -0.2) is 29.9 Å². The van der Waals surface area contributed by atoms with Gasteiger partial charge in [0.2, 0.25) is 0 Å². The number of likely N-dealkylation sites (tertiary alicyclic amines) is 1. The second-order valence-corrected chi connectivity index (χ2v) is 6.67. The summed E-state index contributed by atoms with van der Waals surface area (Å²) in [5.74, 6) is -1.16. The summed E-state index contributed by atoms with van der Waals surface area (Å²) in [5.41, 5.74) is 0.673. The Kier molecular flexibility index (Phi) is 5.66. The van der Waals surface area contributed by atoms with Gasteiger partial charge in [0.1, 0.15) is 11.6 Å². The van der Waals surface area contributed by atoms with E-state index in [1.54, 1.807) is 24.3 Å². The highest BCUT2D eigenvalue weighted by Crippen LogP contribution is 2.19. The van der Waals surface area contributed by atoms with Gasteiger partial charge in [0.25, 0.3) is 5.91 Å². The Bertz CT molecular complexity index is 723. The summed E-state index contributed by atoms with van der Waals surface area (Å²) in [5, 5.41) is 3.59. The molecule has 6 heteroatoms. The summed E-state index contributed by atoms with van der Waals surface area (Å²) in [7, 11) is 0. The Hall–Kier alpha value is -1.98. The van der Waals surface area contributed by atoms with Crippen LogP contribution in [-0.2, 0) is 6.54 Å². The predicted molar refractivity (Wildman–Crippen MR) is 93.6 cm³/mol. The molecule has 0 bridgehead atoms. The molecular formula is C19H19ClF2N2O. The summed E-state index contributed by atoms with van der Waals surface area (Å²) >= 11 is 5.82. The van der Waals surface area contributed by atoms with E-state index in [-0.39, 0.29) is 24.1 Å². The number of hydrogen-bond acceptors (Lipinski definition) is 2. The van der Waals surface area contributed by atoms with Crippen LogP contribution in [0.5, 0.6) is 0 Å². The summed E-state index contributed by atoms with van der Waals surface area (Å²) < 4.78 is 27.5. The van der Waals surface area contributed by atoms with Crippen molar-refractivity contribution in [3.63, 3.8) is 0 Å². The molecule has 0 aromatic heterocycles. The van der Waals surface area contributed by atoms with Crippen LogP contribution in [0.2, 0.25) is 5.02 Å². The zero-order valence-electron chi connectivity index (χ0n) is 13.6. The Morgan fingerprint density at radius 2 is 1.68 bits per heavy atom. The first kappa shape index (κ1) is 17.8. The van der Waals surface area contributed by atoms with Crippen LogP contribution in [0.3, 0.4) is 0 Å². The molecule has 2 aromatic rings. The van der Waals surface area contributed by atoms with Gasteiger partial charge in [0, 0.05) is 41.8 Å². The van der Waals surface area contributed by atoms with E-state index in [1.165, 1.54) is 18.2 Å². The summed E-state index contributed by atoms with van der Waals surface area (Å²) in [6.07, 6.45) is 1.49. The molecule has 1 aliphatic heterocycles. The van der Waals surface area contributed by atoms with E-state index in [2.05, 4.69) is 5.32 Å². The molecule has 0 unspecified atom stereocenters. The van der Waals surface area contributed by atoms with Gasteiger partial charge in [0.05, 0.1) is 0 Å². The van der Waals surface area contributed by atoms with Crippen molar-refractivity contribution < 1.29 is 13.6 Å². The SMILES string of the molecule is O=C(NC1CCN(Cc2c(F)cccc2F)CC1)c1ccc(Cl)cc1. The topological polar surface area (TPSA) is 32.3 Å². The van der Waals surface area contributed by atoms with Crippen molar-refractivity contribution in [2.24, 2.45) is 0 Å². The molecule has 1 aliphatic rings. The van der Waals surface area contributed by atoms with Gasteiger partial charge < -0.3 is 5.32 Å². The number of halogens is 3. The molecule has 3 nitrogen and oxygen atoms in total. The monoisotopic (exact) mass is 364 g/mol. The molecule has 1 fully saturated rings. The molecule has 0 saturated carbocycles. The van der Waals surface area contributed by atoms with Crippen LogP contribution in [0.25, 0.3) is 0 Å². The second-order valence-electron chi connectivity index (χ2n) is 6.23. The molecule has 0 spiro atoms. The first-order chi connectivity index (χ1) is 12.0. The lowest BCUT2D eigenvalue weighted by Gasteiger charge is -2.32. The van der Waals surface area contributed by atoms with E-state index in [0.29, 0.717) is 23.7 Å². The van der Waals surface area contributed by atoms with Crippen LogP contribution >= 0.6 is 11.6 Å². The maximum absolute atomic E-state index is 13.7. The third-order valence-corrected chi connectivity index (χ3v) is 4.72. The van der Waals surface area contributed by atoms with Gasteiger partial charge in [-0.3, -0.25) is 9.69 Å². The van der Waals surface area contributed by atoms with Crippen molar-refractivity contribution in [2.45, 2.75) is 25.4 Å². The third kappa shape index (κ3) is 4.55. The molecule has 1 amide bonds. The smallest absolute Gasteiger partial charge is 0.251 e. The largest absolute Gasteiger partial charge is 0.349 e. The molecule has 1 saturated heterocycles. The van der Waals surface area contributed by atoms with Crippen LogP contribution < -0.4 is 5.32 Å². The molecule has 25 heavy (non-hydrogen) atoms. The molecule has 0 atom stereocenters. The van der Waals surface area contributed by atoms with E-state index in [0.717, 1.165) is 12.8 Å². The highest BCUT2D eigenvalue weighted by Gasteiger charge is 2.22. The van der Waals surface area contributed by atoms with Crippen molar-refractivity contribution in [1.82, 2.24) is 10.2 Å². The highest BCUT2D eigenvalue weighted by molar-refractivity contribution is 6.30. The molecule has 0 aliphatic carbocycles. The summed E-state index contributed by atoms with van der Waals surface area (Å²) in [6.45, 7) is 1.61. The van der Waals surface area contributed by atoms with Crippen molar-refractivity contribution >= 4 is 17.5 Å². The average Bonchev–Trinajstić information content (AvgIpc) is 2.60. The minimum Gasteiger partial charge on any atom is -0.349 e. The van der Waals surface area contributed by atoms with Gasteiger partial charge in [-0.25, -0.2) is 8.78 Å². The van der Waals surface area contributed by atoms with Crippen molar-refractivity contribution in [3.05, 3.63) is 70.2 Å². The van der Waals surface area contributed by atoms with E-state index < -0.39 is 11.6 Å². The quantitative estimate of drug-likeness (QED) is 0.889. The van der Waals surface area contributed by atoms with Crippen LogP contribution in [0.1, 0.15) is 28.8 Å². The second kappa shape index (κ2) is 7.93. The Morgan fingerprint density at radius 1 is 1.08 bits per heavy atom. The number of carbonyl (C=O) groups is 1. The minimum absolute atomic E-state index is 0.0601. The number of nitrogens with one attached hydrogen (secondary N) is 1. The number of piperidine rings is 1. The molecule has 0 radical (unpaired) electrons. The third-order valence-electron chi connectivity index (χ3n) is 4.47. The first-order valence-electron chi connectivity index (χ1n) is 8.24. The predicted octanol–water partition coefficient (Wildman–Crippen LogP) is 4.01. The van der Waals surface area contributed by atoms with E-state index in [1.807, 2.05) is 4.90 Å². The standard InChI is InChI=1S/C19H19ClF2N2O/c20-14-6-4-13(5-7-14)19(25)23-15-8-10-24(11-9-15)12-16-17(21)2-1-3-18(16)22/h1-7,15H,8-12H2,(H,23,25). The van der Waals surface area contributed by atoms with E-state index in [9.17, 15) is 13.6 Å². The van der Waals surface area contributed by atoms with Crippen LogP contribution in [0.15, 0.2) is 42.5 Å². The lowest BCUT2D eigenvalue weighted by Crippen LogP contribution is -2.44. The Labute approximate surface area is 150 Å². The van der Waals surface area contributed by atoms with E-state index in [4.69, 9.17) is 11.6 Å². The number of amides is 1. The normalized spacial score (nSPS) is 16.0. The Balaban J connectivity index is 1.52. The number of carbonyl (C=O) groups excluding carboxylic acids is 1. The van der Waals surface area contributed by atoms with E-state index >= 15 is 0 Å². The summed E-state index contributed by atoms with van der Waals surface area (Å²) in [4.78, 5) is 14.2. The van der Waals surface area contributed by atoms with Gasteiger partial charge in [0.15, 0.2) is 0 Å². The lowest BCUT2D eigenvalue weighted by molar-refractivity contribution is 0.0908. The number of nitrogens with zero attached hydrogens (tertiary/aromatic N) is 1. The van der Waals surface area contributed by atoms with Crippen LogP contribution in [0, 0.1) is 11.6 Å². The molecule has 132 valence electrons. The highest BCUT2D eigenvalue weighted by atomic mass is 35.5. The average molecular weight is 365 g/mol. The molecule has 1 heterocycles. The zero-order valence-corrected chi connectivity index (χ0v) is 14.4. The van der Waals surface area contributed by atoms with Gasteiger partial charge in [-0.15, -0.1) is 0 Å². The van der Waals surface area contributed by atoms with Crippen molar-refractivity contribution in [3.8, 4) is 0 Å². The fourth-order valence-electron chi connectivity index (χ4n) is 3.01. The summed E-state index contributed by atoms with van der Waals surface area (Å²) in [6, 6.07) is 10.7. The fourth-order valence-corrected chi connectivity index (χ4v) is 3.14. The zero-order chi connectivity index (χ0) is 17.8. The van der Waals surface area contributed by atoms with Gasteiger partial charge in [-0.05, 0) is 49.2 Å². The maximum atomic E-state index is 13.7. The fraction of sp³-hybridized carbons (Fsp3) is 0.316. The molecule has 1 N–H and O–H groups in total. The maximum Gasteiger partial charge on any atom is 0.251 e. The molecule has 3 rings (SSSR count). The van der Waals surface area contributed by atoms with Gasteiger partial charge in [-0.1, -0.05) is 17.7 Å². The minimum atomic E-state index is -0.516.